The van der Waals surface area contributed by atoms with Crippen LogP contribution in [0.25, 0.3) is 0 Å². The molecule has 218 valence electrons. The van der Waals surface area contributed by atoms with Crippen LogP contribution in [0.3, 0.4) is 0 Å². The highest BCUT2D eigenvalue weighted by Crippen LogP contribution is 2.36. The van der Waals surface area contributed by atoms with E-state index in [0.717, 1.165) is 6.07 Å². The van der Waals surface area contributed by atoms with Crippen molar-refractivity contribution in [1.29, 1.82) is 0 Å². The summed E-state index contributed by atoms with van der Waals surface area (Å²) in [6.07, 6.45) is 0. The Morgan fingerprint density at radius 2 is 1.18 bits per heavy atom. The van der Waals surface area contributed by atoms with Gasteiger partial charge in [0.1, 0.15) is 5.69 Å². The average molecular weight is 562 g/mol. The SMILES string of the molecule is CC(C)(C)[Si](C)(C)OCCOCCOCCOCCOCCOCCNc1ccc([N+](=O)[O-])cc1[N+](=O)[O-]. The number of hydrogen-bond donors (Lipinski definition) is 1. The zero-order valence-corrected chi connectivity index (χ0v) is 24.2. The largest absolute Gasteiger partial charge is 0.414 e. The third kappa shape index (κ3) is 14.1. The van der Waals surface area contributed by atoms with E-state index in [1.807, 2.05) is 0 Å². The Kier molecular flexibility index (Phi) is 16.2. The first kappa shape index (κ1) is 33.8. The number of nitro groups is 2. The molecule has 0 aliphatic carbocycles. The number of nitrogens with one attached hydrogen (secondary N) is 1. The lowest BCUT2D eigenvalue weighted by atomic mass is 10.2. The van der Waals surface area contributed by atoms with Gasteiger partial charge in [0.15, 0.2) is 8.32 Å². The minimum atomic E-state index is -1.72. The second kappa shape index (κ2) is 18.1. The minimum absolute atomic E-state index is 0.195. The molecule has 38 heavy (non-hydrogen) atoms. The number of anilines is 1. The fourth-order valence-corrected chi connectivity index (χ4v) is 3.77. The summed E-state index contributed by atoms with van der Waals surface area (Å²) in [7, 11) is -1.72. The Balaban J connectivity index is 1.91. The monoisotopic (exact) mass is 561 g/mol. The standard InChI is InChI=1S/C24H43N3O10Si/c1-24(2,3)38(4,5)37-19-18-36-17-16-35-15-14-34-13-12-33-11-10-32-9-8-25-22-7-6-21(26(28)29)20-23(22)27(30)31/h6-7,20,25H,8-19H2,1-5H3. The molecular weight excluding hydrogens is 518 g/mol. The summed E-state index contributed by atoms with van der Waals surface area (Å²) >= 11 is 0. The van der Waals surface area contributed by atoms with Crippen LogP contribution in [0.5, 0.6) is 0 Å². The molecule has 0 saturated carbocycles. The smallest absolute Gasteiger partial charge is 0.299 e. The lowest BCUT2D eigenvalue weighted by Crippen LogP contribution is -2.41. The highest BCUT2D eigenvalue weighted by Gasteiger charge is 2.36. The van der Waals surface area contributed by atoms with Gasteiger partial charge < -0.3 is 33.4 Å². The molecule has 0 radical (unpaired) electrons. The summed E-state index contributed by atoms with van der Waals surface area (Å²) in [5.41, 5.74) is -0.499. The zero-order valence-electron chi connectivity index (χ0n) is 23.2. The van der Waals surface area contributed by atoms with Crippen LogP contribution in [0, 0.1) is 20.2 Å². The van der Waals surface area contributed by atoms with Crippen molar-refractivity contribution in [3.05, 3.63) is 38.4 Å². The number of rotatable bonds is 22. The Morgan fingerprint density at radius 3 is 1.61 bits per heavy atom. The number of non-ortho nitro benzene ring substituents is 1. The number of ether oxygens (including phenoxy) is 5. The summed E-state index contributed by atoms with van der Waals surface area (Å²) in [5.74, 6) is 0. The number of nitro benzene ring substituents is 2. The van der Waals surface area contributed by atoms with Crippen LogP contribution >= 0.6 is 0 Å². The van der Waals surface area contributed by atoms with E-state index in [1.165, 1.54) is 12.1 Å². The summed E-state index contributed by atoms with van der Waals surface area (Å²) in [5, 5.41) is 24.9. The Hall–Kier alpha value is -2.20. The molecule has 13 nitrogen and oxygen atoms in total. The van der Waals surface area contributed by atoms with Crippen molar-refractivity contribution < 1.29 is 38.0 Å². The van der Waals surface area contributed by atoms with Gasteiger partial charge in [0.25, 0.3) is 11.4 Å². The van der Waals surface area contributed by atoms with Crippen molar-refractivity contribution in [1.82, 2.24) is 0 Å². The third-order valence-corrected chi connectivity index (χ3v) is 10.5. The van der Waals surface area contributed by atoms with Crippen LogP contribution < -0.4 is 5.32 Å². The summed E-state index contributed by atoms with van der Waals surface area (Å²) < 4.78 is 33.3. The first-order chi connectivity index (χ1) is 18.0. The highest BCUT2D eigenvalue weighted by atomic mass is 28.4. The molecule has 0 unspecified atom stereocenters. The molecule has 0 fully saturated rings. The molecular formula is C24H43N3O10Si. The lowest BCUT2D eigenvalue weighted by Gasteiger charge is -2.36. The highest BCUT2D eigenvalue weighted by molar-refractivity contribution is 6.74. The molecule has 0 aliphatic heterocycles. The van der Waals surface area contributed by atoms with Crippen molar-refractivity contribution in [3.8, 4) is 0 Å². The molecule has 1 N–H and O–H groups in total. The van der Waals surface area contributed by atoms with Gasteiger partial charge in [-0.3, -0.25) is 20.2 Å². The Labute approximate surface area is 225 Å². The summed E-state index contributed by atoms with van der Waals surface area (Å²) in [6, 6.07) is 3.44. The van der Waals surface area contributed by atoms with Gasteiger partial charge in [0.05, 0.1) is 88.6 Å². The van der Waals surface area contributed by atoms with Crippen LogP contribution in [0.2, 0.25) is 18.1 Å². The lowest BCUT2D eigenvalue weighted by molar-refractivity contribution is -0.393. The van der Waals surface area contributed by atoms with E-state index < -0.39 is 18.2 Å². The van der Waals surface area contributed by atoms with E-state index >= 15 is 0 Å². The van der Waals surface area contributed by atoms with Gasteiger partial charge in [-0.05, 0) is 24.2 Å². The first-order valence-corrected chi connectivity index (χ1v) is 15.6. The minimum Gasteiger partial charge on any atom is -0.414 e. The van der Waals surface area contributed by atoms with Gasteiger partial charge in [-0.15, -0.1) is 0 Å². The van der Waals surface area contributed by atoms with E-state index in [4.69, 9.17) is 28.1 Å². The third-order valence-electron chi connectivity index (χ3n) is 5.94. The van der Waals surface area contributed by atoms with Crippen molar-refractivity contribution in [2.45, 2.75) is 38.9 Å². The molecule has 1 aromatic rings. The molecule has 0 heterocycles. The van der Waals surface area contributed by atoms with E-state index in [0.29, 0.717) is 79.2 Å². The number of nitrogens with zero attached hydrogens (tertiary/aromatic N) is 2. The predicted octanol–water partition coefficient (Wildman–Crippen LogP) is 4.02. The first-order valence-electron chi connectivity index (χ1n) is 12.6. The van der Waals surface area contributed by atoms with Crippen molar-refractivity contribution in [2.24, 2.45) is 0 Å². The van der Waals surface area contributed by atoms with Gasteiger partial charge in [0.2, 0.25) is 0 Å². The van der Waals surface area contributed by atoms with Gasteiger partial charge in [-0.2, -0.15) is 0 Å². The van der Waals surface area contributed by atoms with E-state index in [2.05, 4.69) is 39.2 Å². The molecule has 0 saturated heterocycles. The van der Waals surface area contributed by atoms with Crippen LogP contribution in [0.15, 0.2) is 18.2 Å². The molecule has 14 heteroatoms. The molecule has 0 aromatic heterocycles. The zero-order chi connectivity index (χ0) is 28.4. The maximum atomic E-state index is 11.1. The van der Waals surface area contributed by atoms with Crippen LogP contribution in [-0.2, 0) is 28.1 Å². The Morgan fingerprint density at radius 1 is 0.737 bits per heavy atom. The summed E-state index contributed by atoms with van der Waals surface area (Å²) in [4.78, 5) is 20.5. The van der Waals surface area contributed by atoms with Gasteiger partial charge >= 0.3 is 0 Å². The quantitative estimate of drug-likeness (QED) is 0.0944. The van der Waals surface area contributed by atoms with Crippen LogP contribution in [0.4, 0.5) is 17.1 Å². The predicted molar refractivity (Wildman–Crippen MR) is 145 cm³/mol. The van der Waals surface area contributed by atoms with Gasteiger partial charge in [-0.1, -0.05) is 20.8 Å². The average Bonchev–Trinajstić information content (AvgIpc) is 2.84. The van der Waals surface area contributed by atoms with Crippen molar-refractivity contribution in [3.63, 3.8) is 0 Å². The molecule has 0 amide bonds. The molecule has 0 spiro atoms. The van der Waals surface area contributed by atoms with E-state index in [-0.39, 0.29) is 22.1 Å². The maximum absolute atomic E-state index is 11.1. The Bertz CT molecular complexity index is 836. The van der Waals surface area contributed by atoms with E-state index in [1.54, 1.807) is 0 Å². The van der Waals surface area contributed by atoms with E-state index in [9.17, 15) is 20.2 Å². The molecule has 1 aromatic carbocycles. The molecule has 0 aliphatic rings. The number of benzene rings is 1. The number of hydrogen-bond acceptors (Lipinski definition) is 11. The fraction of sp³-hybridized carbons (Fsp3) is 0.750. The molecule has 0 bridgehead atoms. The van der Waals surface area contributed by atoms with Gasteiger partial charge in [-0.25, -0.2) is 0 Å². The fourth-order valence-electron chi connectivity index (χ4n) is 2.75. The van der Waals surface area contributed by atoms with Gasteiger partial charge in [0, 0.05) is 12.6 Å². The maximum Gasteiger partial charge on any atom is 0.299 e. The second-order valence-electron chi connectivity index (χ2n) is 9.81. The summed E-state index contributed by atoms with van der Waals surface area (Å²) in [6.45, 7) is 16.4. The normalized spacial score (nSPS) is 12.0. The van der Waals surface area contributed by atoms with Crippen molar-refractivity contribution in [2.75, 3.05) is 84.5 Å². The van der Waals surface area contributed by atoms with Crippen LogP contribution in [-0.4, -0.2) is 97.4 Å². The molecule has 0 atom stereocenters. The molecule has 1 rings (SSSR count). The van der Waals surface area contributed by atoms with Crippen LogP contribution in [0.1, 0.15) is 20.8 Å². The topological polar surface area (TPSA) is 154 Å². The second-order valence-corrected chi connectivity index (χ2v) is 14.6. The van der Waals surface area contributed by atoms with Crippen molar-refractivity contribution >= 4 is 25.4 Å².